The third-order valence-electron chi connectivity index (χ3n) is 5.80. The van der Waals surface area contributed by atoms with Crippen molar-refractivity contribution in [2.45, 2.75) is 65.0 Å². The van der Waals surface area contributed by atoms with Crippen LogP contribution in [0.25, 0.3) is 0 Å². The van der Waals surface area contributed by atoms with Gasteiger partial charge < -0.3 is 14.6 Å². The molecule has 1 aliphatic heterocycles. The summed E-state index contributed by atoms with van der Waals surface area (Å²) >= 11 is 0. The highest BCUT2D eigenvalue weighted by molar-refractivity contribution is 5.87. The van der Waals surface area contributed by atoms with Crippen LogP contribution in [0.2, 0.25) is 0 Å². The molecule has 6 heteroatoms. The van der Waals surface area contributed by atoms with Crippen molar-refractivity contribution in [2.24, 2.45) is 5.41 Å². The topological polar surface area (TPSA) is 73.6 Å². The number of aromatic carboxylic acids is 1. The molecule has 0 amide bonds. The van der Waals surface area contributed by atoms with E-state index in [2.05, 4.69) is 12.0 Å². The van der Waals surface area contributed by atoms with Gasteiger partial charge in [0.2, 0.25) is 0 Å². The number of aromatic nitrogens is 2. The van der Waals surface area contributed by atoms with Crippen LogP contribution in [0, 0.1) is 5.41 Å². The second-order valence-corrected chi connectivity index (χ2v) is 7.05. The summed E-state index contributed by atoms with van der Waals surface area (Å²) in [6, 6.07) is 0. The molecule has 0 spiro atoms. The number of ether oxygens (including phenoxy) is 2. The van der Waals surface area contributed by atoms with Crippen LogP contribution in [-0.4, -0.2) is 40.7 Å². The monoisotopic (exact) mass is 336 g/mol. The van der Waals surface area contributed by atoms with Gasteiger partial charge in [0.05, 0.1) is 32.1 Å². The summed E-state index contributed by atoms with van der Waals surface area (Å²) in [5.41, 5.74) is 2.37. The summed E-state index contributed by atoms with van der Waals surface area (Å²) in [7, 11) is 0. The SMILES string of the molecule is CCOCC1(CC)CCC(c2c(C(=O)O)nn3c2COCC3)CC1. The predicted octanol–water partition coefficient (Wildman–Crippen LogP) is 3.20. The zero-order chi connectivity index (χ0) is 17.2. The third-order valence-corrected chi connectivity index (χ3v) is 5.80. The number of carboxylic acids is 1. The van der Waals surface area contributed by atoms with Crippen LogP contribution in [-0.2, 0) is 22.6 Å². The van der Waals surface area contributed by atoms with Crippen molar-refractivity contribution in [3.05, 3.63) is 17.0 Å². The Bertz CT molecular complexity index is 588. The summed E-state index contributed by atoms with van der Waals surface area (Å²) in [5.74, 6) is -0.656. The van der Waals surface area contributed by atoms with Gasteiger partial charge in [-0.3, -0.25) is 4.68 Å². The average molecular weight is 336 g/mol. The summed E-state index contributed by atoms with van der Waals surface area (Å²) in [5, 5.41) is 13.9. The molecule has 0 bridgehead atoms. The normalized spacial score (nSPS) is 27.0. The van der Waals surface area contributed by atoms with Crippen molar-refractivity contribution in [3.63, 3.8) is 0 Å². The highest BCUT2D eigenvalue weighted by Crippen LogP contribution is 2.46. The van der Waals surface area contributed by atoms with Crippen molar-refractivity contribution in [1.82, 2.24) is 9.78 Å². The molecular formula is C18H28N2O4. The number of rotatable bonds is 6. The Balaban J connectivity index is 1.81. The minimum Gasteiger partial charge on any atom is -0.476 e. The van der Waals surface area contributed by atoms with Crippen molar-refractivity contribution < 1.29 is 19.4 Å². The lowest BCUT2D eigenvalue weighted by Crippen LogP contribution is -2.32. The highest BCUT2D eigenvalue weighted by atomic mass is 16.5. The molecule has 1 aromatic heterocycles. The molecule has 2 heterocycles. The van der Waals surface area contributed by atoms with E-state index < -0.39 is 5.97 Å². The van der Waals surface area contributed by atoms with Crippen molar-refractivity contribution in [2.75, 3.05) is 19.8 Å². The number of nitrogens with zero attached hydrogens (tertiary/aromatic N) is 2. The zero-order valence-corrected chi connectivity index (χ0v) is 14.7. The van der Waals surface area contributed by atoms with Gasteiger partial charge in [0.1, 0.15) is 0 Å². The first-order valence-corrected chi connectivity index (χ1v) is 9.08. The van der Waals surface area contributed by atoms with E-state index in [0.717, 1.165) is 56.6 Å². The van der Waals surface area contributed by atoms with Crippen LogP contribution in [0.5, 0.6) is 0 Å². The van der Waals surface area contributed by atoms with Gasteiger partial charge in [0, 0.05) is 12.2 Å². The van der Waals surface area contributed by atoms with Crippen LogP contribution >= 0.6 is 0 Å². The number of hydrogen-bond donors (Lipinski definition) is 1. The lowest BCUT2D eigenvalue weighted by atomic mass is 9.67. The van der Waals surface area contributed by atoms with Gasteiger partial charge in [-0.05, 0) is 50.4 Å². The third kappa shape index (κ3) is 3.22. The first-order valence-electron chi connectivity index (χ1n) is 9.08. The molecule has 0 unspecified atom stereocenters. The molecule has 0 atom stereocenters. The highest BCUT2D eigenvalue weighted by Gasteiger charge is 2.38. The summed E-state index contributed by atoms with van der Waals surface area (Å²) in [6.45, 7) is 7.56. The fourth-order valence-electron chi connectivity index (χ4n) is 4.19. The standard InChI is InChI=1S/C18H28N2O4/c1-3-18(12-23-4-2)7-5-13(6-8-18)15-14-11-24-10-9-20(14)19-16(15)17(21)22/h13H,3-12H2,1-2H3,(H,21,22). The molecule has 0 radical (unpaired) electrons. The second-order valence-electron chi connectivity index (χ2n) is 7.05. The molecule has 134 valence electrons. The van der Waals surface area contributed by atoms with Gasteiger partial charge in [-0.15, -0.1) is 0 Å². The minimum atomic E-state index is -0.923. The molecule has 1 saturated carbocycles. The number of hydrogen-bond acceptors (Lipinski definition) is 4. The summed E-state index contributed by atoms with van der Waals surface area (Å²) in [6.07, 6.45) is 5.28. The number of carbonyl (C=O) groups is 1. The Hall–Kier alpha value is -1.40. The number of fused-ring (bicyclic) bond motifs is 1. The van der Waals surface area contributed by atoms with Gasteiger partial charge in [-0.25, -0.2) is 4.79 Å². The van der Waals surface area contributed by atoms with Crippen LogP contribution in [0.1, 0.15) is 73.6 Å². The van der Waals surface area contributed by atoms with E-state index in [-0.39, 0.29) is 17.0 Å². The van der Waals surface area contributed by atoms with Gasteiger partial charge in [0.25, 0.3) is 0 Å². The largest absolute Gasteiger partial charge is 0.476 e. The molecule has 3 rings (SSSR count). The van der Waals surface area contributed by atoms with Crippen molar-refractivity contribution >= 4 is 5.97 Å². The molecule has 1 aliphatic carbocycles. The van der Waals surface area contributed by atoms with E-state index >= 15 is 0 Å². The quantitative estimate of drug-likeness (QED) is 0.863. The smallest absolute Gasteiger partial charge is 0.356 e. The maximum atomic E-state index is 11.7. The van der Waals surface area contributed by atoms with Gasteiger partial charge in [-0.2, -0.15) is 5.10 Å². The van der Waals surface area contributed by atoms with Crippen LogP contribution < -0.4 is 0 Å². The number of carboxylic acid groups (broad SMARTS) is 1. The van der Waals surface area contributed by atoms with E-state index in [1.54, 1.807) is 0 Å². The fraction of sp³-hybridized carbons (Fsp3) is 0.778. The Morgan fingerprint density at radius 2 is 2.17 bits per heavy atom. The maximum Gasteiger partial charge on any atom is 0.356 e. The summed E-state index contributed by atoms with van der Waals surface area (Å²) in [4.78, 5) is 11.7. The lowest BCUT2D eigenvalue weighted by molar-refractivity contribution is 0.0188. The van der Waals surface area contributed by atoms with Crippen LogP contribution in [0.3, 0.4) is 0 Å². The molecular weight excluding hydrogens is 308 g/mol. The van der Waals surface area contributed by atoms with Crippen LogP contribution in [0.4, 0.5) is 0 Å². The Kier molecular flexibility index (Phi) is 5.25. The van der Waals surface area contributed by atoms with Gasteiger partial charge in [0.15, 0.2) is 5.69 Å². The van der Waals surface area contributed by atoms with E-state index in [0.29, 0.717) is 19.8 Å². The fourth-order valence-corrected chi connectivity index (χ4v) is 4.19. The zero-order valence-electron chi connectivity index (χ0n) is 14.7. The first-order chi connectivity index (χ1) is 11.6. The van der Waals surface area contributed by atoms with Gasteiger partial charge >= 0.3 is 5.97 Å². The first kappa shape index (κ1) is 17.4. The molecule has 0 aromatic carbocycles. The summed E-state index contributed by atoms with van der Waals surface area (Å²) < 4.78 is 13.1. The van der Waals surface area contributed by atoms with Gasteiger partial charge in [-0.1, -0.05) is 6.92 Å². The van der Waals surface area contributed by atoms with Crippen LogP contribution in [0.15, 0.2) is 0 Å². The lowest BCUT2D eigenvalue weighted by Gasteiger charge is -2.39. The minimum absolute atomic E-state index is 0.231. The Labute approximate surface area is 143 Å². The molecule has 0 saturated heterocycles. The maximum absolute atomic E-state index is 11.7. The average Bonchev–Trinajstić information content (AvgIpc) is 3.00. The van der Waals surface area contributed by atoms with Crippen molar-refractivity contribution in [1.29, 1.82) is 0 Å². The molecule has 1 fully saturated rings. The molecule has 24 heavy (non-hydrogen) atoms. The molecule has 1 aromatic rings. The van der Waals surface area contributed by atoms with E-state index in [1.165, 1.54) is 0 Å². The predicted molar refractivity (Wildman–Crippen MR) is 89.3 cm³/mol. The van der Waals surface area contributed by atoms with E-state index in [4.69, 9.17) is 9.47 Å². The Morgan fingerprint density at radius 1 is 1.42 bits per heavy atom. The van der Waals surface area contributed by atoms with E-state index in [1.807, 2.05) is 11.6 Å². The van der Waals surface area contributed by atoms with E-state index in [9.17, 15) is 9.90 Å². The molecule has 1 N–H and O–H groups in total. The Morgan fingerprint density at radius 3 is 2.79 bits per heavy atom. The van der Waals surface area contributed by atoms with Crippen molar-refractivity contribution in [3.8, 4) is 0 Å². The molecule has 6 nitrogen and oxygen atoms in total. The second kappa shape index (κ2) is 7.23. The molecule has 2 aliphatic rings.